The number of anilines is 1. The molecule has 0 spiro atoms. The molecule has 1 N–H and O–H groups in total. The molecule has 4 aromatic carbocycles. The largest absolute Gasteiger partial charge is 0.418 e. The second kappa shape index (κ2) is 10.1. The molecule has 0 unspecified atom stereocenters. The summed E-state index contributed by atoms with van der Waals surface area (Å²) in [5.74, 6) is -0.803. The Labute approximate surface area is 223 Å². The quantitative estimate of drug-likeness (QED) is 0.220. The van der Waals surface area contributed by atoms with Crippen LogP contribution in [0, 0.1) is 12.7 Å². The maximum Gasteiger partial charge on any atom is 0.418 e. The Morgan fingerprint density at radius 1 is 0.821 bits per heavy atom. The minimum Gasteiger partial charge on any atom is -0.277 e. The predicted octanol–water partition coefficient (Wildman–Crippen LogP) is 7.76. The number of pyridine rings is 1. The van der Waals surface area contributed by atoms with E-state index in [0.29, 0.717) is 22.2 Å². The Bertz CT molecular complexity index is 1770. The first-order valence-corrected chi connectivity index (χ1v) is 13.4. The highest BCUT2D eigenvalue weighted by molar-refractivity contribution is 7.92. The molecule has 0 bridgehead atoms. The molecule has 1 heterocycles. The van der Waals surface area contributed by atoms with Crippen molar-refractivity contribution in [2.45, 2.75) is 24.4 Å². The van der Waals surface area contributed by atoms with Gasteiger partial charge in [0.2, 0.25) is 0 Å². The van der Waals surface area contributed by atoms with Crippen LogP contribution in [0.15, 0.2) is 102 Å². The van der Waals surface area contributed by atoms with Crippen LogP contribution < -0.4 is 4.72 Å². The molecule has 0 aliphatic carbocycles. The van der Waals surface area contributed by atoms with Gasteiger partial charge in [0.1, 0.15) is 5.82 Å². The number of aryl methyl sites for hydroxylation is 1. The van der Waals surface area contributed by atoms with Crippen LogP contribution in [0.2, 0.25) is 0 Å². The predicted molar refractivity (Wildman–Crippen MR) is 143 cm³/mol. The van der Waals surface area contributed by atoms with E-state index in [1.54, 1.807) is 31.2 Å². The van der Waals surface area contributed by atoms with Gasteiger partial charge in [0.05, 0.1) is 21.7 Å². The minimum absolute atomic E-state index is 0.0233. The number of alkyl halides is 3. The summed E-state index contributed by atoms with van der Waals surface area (Å²) in [4.78, 5) is 4.07. The number of sulfonamides is 1. The fourth-order valence-electron chi connectivity index (χ4n) is 4.47. The Hall–Kier alpha value is -4.24. The fraction of sp³-hybridized carbons (Fsp3) is 0.100. The van der Waals surface area contributed by atoms with E-state index in [1.165, 1.54) is 36.4 Å². The zero-order valence-corrected chi connectivity index (χ0v) is 21.4. The van der Waals surface area contributed by atoms with Crippen molar-refractivity contribution in [3.05, 3.63) is 125 Å². The van der Waals surface area contributed by atoms with Crippen LogP contribution in [0.1, 0.15) is 22.4 Å². The van der Waals surface area contributed by atoms with Gasteiger partial charge >= 0.3 is 6.18 Å². The first-order valence-electron chi connectivity index (χ1n) is 11.9. The van der Waals surface area contributed by atoms with E-state index < -0.39 is 27.6 Å². The van der Waals surface area contributed by atoms with Gasteiger partial charge in [-0.2, -0.15) is 13.2 Å². The van der Waals surface area contributed by atoms with E-state index in [-0.39, 0.29) is 22.5 Å². The fourth-order valence-corrected chi connectivity index (χ4v) is 5.54. The summed E-state index contributed by atoms with van der Waals surface area (Å²) in [6.45, 7) is 1.60. The van der Waals surface area contributed by atoms with Gasteiger partial charge in [-0.3, -0.25) is 9.71 Å². The van der Waals surface area contributed by atoms with Gasteiger partial charge in [0.25, 0.3) is 10.0 Å². The third-order valence-corrected chi connectivity index (χ3v) is 7.68. The number of benzene rings is 4. The smallest absolute Gasteiger partial charge is 0.277 e. The zero-order chi connectivity index (χ0) is 27.8. The number of hydrogen-bond donors (Lipinski definition) is 1. The number of hydrogen-bond acceptors (Lipinski definition) is 3. The van der Waals surface area contributed by atoms with Gasteiger partial charge in [-0.25, -0.2) is 12.8 Å². The number of nitrogens with zero attached hydrogens (tertiary/aromatic N) is 1. The van der Waals surface area contributed by atoms with Crippen molar-refractivity contribution in [1.82, 2.24) is 4.98 Å². The lowest BCUT2D eigenvalue weighted by Crippen LogP contribution is -2.14. The van der Waals surface area contributed by atoms with E-state index in [1.807, 2.05) is 30.3 Å². The average molecular weight is 551 g/mol. The Morgan fingerprint density at radius 2 is 1.51 bits per heavy atom. The zero-order valence-electron chi connectivity index (χ0n) is 20.6. The lowest BCUT2D eigenvalue weighted by molar-refractivity contribution is -0.136. The van der Waals surface area contributed by atoms with Crippen LogP contribution in [0.5, 0.6) is 0 Å². The lowest BCUT2D eigenvalue weighted by Gasteiger charge is -2.14. The first-order chi connectivity index (χ1) is 18.5. The maximum absolute atomic E-state index is 15.0. The standard InChI is InChI=1S/C30H22F4N2O2S/c1-19-16-23(25-8-5-9-26(29(25)35-19)30(32,33)34)17-20-10-15-28(27(31)18-20)36-39(37,38)24-13-11-22(12-14-24)21-6-3-2-4-7-21/h2-16,18,36H,17H2,1H3. The highest BCUT2D eigenvalue weighted by atomic mass is 32.2. The van der Waals surface area contributed by atoms with Crippen molar-refractivity contribution in [1.29, 1.82) is 0 Å². The molecule has 0 saturated carbocycles. The number of para-hydroxylation sites is 1. The van der Waals surface area contributed by atoms with E-state index in [4.69, 9.17) is 0 Å². The van der Waals surface area contributed by atoms with Gasteiger partial charge in [0.15, 0.2) is 0 Å². The Kier molecular flexibility index (Phi) is 6.86. The van der Waals surface area contributed by atoms with Gasteiger partial charge in [0, 0.05) is 11.1 Å². The summed E-state index contributed by atoms with van der Waals surface area (Å²) < 4.78 is 83.6. The summed E-state index contributed by atoms with van der Waals surface area (Å²) >= 11 is 0. The monoisotopic (exact) mass is 550 g/mol. The van der Waals surface area contributed by atoms with Crippen molar-refractivity contribution in [2.75, 3.05) is 4.72 Å². The molecule has 0 radical (unpaired) electrons. The van der Waals surface area contributed by atoms with Gasteiger partial charge in [-0.05, 0) is 72.0 Å². The van der Waals surface area contributed by atoms with Crippen molar-refractivity contribution in [3.8, 4) is 11.1 Å². The number of fused-ring (bicyclic) bond motifs is 1. The van der Waals surface area contributed by atoms with E-state index in [0.717, 1.165) is 17.2 Å². The van der Waals surface area contributed by atoms with Crippen molar-refractivity contribution < 1.29 is 26.0 Å². The number of nitrogens with one attached hydrogen (secondary N) is 1. The second-order valence-corrected chi connectivity index (χ2v) is 10.8. The molecule has 0 atom stereocenters. The van der Waals surface area contributed by atoms with E-state index >= 15 is 4.39 Å². The van der Waals surface area contributed by atoms with Gasteiger partial charge < -0.3 is 0 Å². The van der Waals surface area contributed by atoms with Crippen molar-refractivity contribution in [2.24, 2.45) is 0 Å². The third kappa shape index (κ3) is 5.63. The molecule has 9 heteroatoms. The molecular formula is C30H22F4N2O2S. The molecule has 0 aliphatic rings. The summed E-state index contributed by atoms with van der Waals surface area (Å²) in [5.41, 5.74) is 1.95. The first kappa shape index (κ1) is 26.4. The molecule has 5 rings (SSSR count). The molecule has 39 heavy (non-hydrogen) atoms. The van der Waals surface area contributed by atoms with Crippen LogP contribution in [0.3, 0.4) is 0 Å². The summed E-state index contributed by atoms with van der Waals surface area (Å²) in [6.07, 6.45) is -4.43. The van der Waals surface area contributed by atoms with Gasteiger partial charge in [-0.15, -0.1) is 0 Å². The van der Waals surface area contributed by atoms with Crippen LogP contribution >= 0.6 is 0 Å². The molecule has 1 aromatic heterocycles. The van der Waals surface area contributed by atoms with Crippen LogP contribution in [-0.2, 0) is 22.6 Å². The molecule has 0 fully saturated rings. The molecule has 198 valence electrons. The normalized spacial score (nSPS) is 12.0. The number of halogens is 4. The number of aromatic nitrogens is 1. The maximum atomic E-state index is 15.0. The molecule has 0 saturated heterocycles. The SMILES string of the molecule is Cc1cc(Cc2ccc(NS(=O)(=O)c3ccc(-c4ccccc4)cc3)c(F)c2)c2cccc(C(F)(F)F)c2n1. The third-order valence-electron chi connectivity index (χ3n) is 6.30. The topological polar surface area (TPSA) is 59.1 Å². The van der Waals surface area contributed by atoms with Crippen molar-refractivity contribution in [3.63, 3.8) is 0 Å². The van der Waals surface area contributed by atoms with Crippen LogP contribution in [0.4, 0.5) is 23.2 Å². The van der Waals surface area contributed by atoms with Crippen LogP contribution in [-0.4, -0.2) is 13.4 Å². The van der Waals surface area contributed by atoms with E-state index in [9.17, 15) is 21.6 Å². The summed E-state index contributed by atoms with van der Waals surface area (Å²) in [7, 11) is -4.06. The molecule has 5 aromatic rings. The Morgan fingerprint density at radius 3 is 2.18 bits per heavy atom. The molecular weight excluding hydrogens is 528 g/mol. The summed E-state index contributed by atoms with van der Waals surface area (Å²) in [5, 5.41) is 0.319. The average Bonchev–Trinajstić information content (AvgIpc) is 2.90. The Balaban J connectivity index is 1.39. The van der Waals surface area contributed by atoms with Crippen molar-refractivity contribution >= 4 is 26.6 Å². The molecule has 4 nitrogen and oxygen atoms in total. The number of rotatable bonds is 6. The second-order valence-electron chi connectivity index (χ2n) is 9.11. The summed E-state index contributed by atoms with van der Waals surface area (Å²) in [6, 6.07) is 25.2. The molecule has 0 amide bonds. The lowest BCUT2D eigenvalue weighted by atomic mass is 9.98. The highest BCUT2D eigenvalue weighted by Gasteiger charge is 2.33. The molecule has 0 aliphatic heterocycles. The van der Waals surface area contributed by atoms with Gasteiger partial charge in [-0.1, -0.05) is 60.7 Å². The highest BCUT2D eigenvalue weighted by Crippen LogP contribution is 2.35. The minimum atomic E-state index is -4.57. The van der Waals surface area contributed by atoms with E-state index in [2.05, 4.69) is 9.71 Å². The van der Waals surface area contributed by atoms with Crippen LogP contribution in [0.25, 0.3) is 22.0 Å².